The highest BCUT2D eigenvalue weighted by Crippen LogP contribution is 2.21. The number of nitrogens with zero attached hydrogens (tertiary/aromatic N) is 3. The first kappa shape index (κ1) is 19.6. The predicted molar refractivity (Wildman–Crippen MR) is 107 cm³/mol. The summed E-state index contributed by atoms with van der Waals surface area (Å²) in [6, 6.07) is 13.1. The van der Waals surface area contributed by atoms with Gasteiger partial charge in [-0.05, 0) is 36.6 Å². The number of rotatable bonds is 6. The van der Waals surface area contributed by atoms with Gasteiger partial charge in [-0.1, -0.05) is 30.3 Å². The summed E-state index contributed by atoms with van der Waals surface area (Å²) < 4.78 is 15.9. The summed E-state index contributed by atoms with van der Waals surface area (Å²) in [5, 5.41) is 7.72. The molecular weight excluding hydrogens is 386 g/mol. The Morgan fingerprint density at radius 1 is 1.10 bits per heavy atom. The minimum absolute atomic E-state index is 0.0537. The first-order valence-corrected chi connectivity index (χ1v) is 9.74. The van der Waals surface area contributed by atoms with Crippen LogP contribution in [0.15, 0.2) is 63.6 Å². The fourth-order valence-electron chi connectivity index (χ4n) is 3.24. The summed E-state index contributed by atoms with van der Waals surface area (Å²) in [5.74, 6) is 0.273. The molecule has 1 saturated heterocycles. The van der Waals surface area contributed by atoms with Gasteiger partial charge in [0.2, 0.25) is 5.91 Å². The van der Waals surface area contributed by atoms with Crippen LogP contribution in [0.2, 0.25) is 0 Å². The first-order chi connectivity index (χ1) is 14.7. The smallest absolute Gasteiger partial charge is 0.309 e. The molecule has 1 aromatic carbocycles. The molecule has 2 aromatic heterocycles. The van der Waals surface area contributed by atoms with Gasteiger partial charge in [0, 0.05) is 19.2 Å². The van der Waals surface area contributed by atoms with Crippen LogP contribution >= 0.6 is 0 Å². The minimum atomic E-state index is -0.320. The molecule has 8 heteroatoms. The van der Waals surface area contributed by atoms with Crippen LogP contribution in [-0.4, -0.2) is 40.1 Å². The summed E-state index contributed by atoms with van der Waals surface area (Å²) in [5.41, 5.74) is 0.973. The lowest BCUT2D eigenvalue weighted by Gasteiger charge is -2.30. The molecule has 0 radical (unpaired) electrons. The van der Waals surface area contributed by atoms with Gasteiger partial charge in [-0.2, -0.15) is 0 Å². The predicted octanol–water partition coefficient (Wildman–Crippen LogP) is 3.32. The number of amides is 1. The molecule has 0 atom stereocenters. The summed E-state index contributed by atoms with van der Waals surface area (Å²) in [6.07, 6.45) is 5.99. The van der Waals surface area contributed by atoms with E-state index in [1.165, 1.54) is 6.26 Å². The van der Waals surface area contributed by atoms with Crippen molar-refractivity contribution in [3.05, 3.63) is 66.3 Å². The topological polar surface area (TPSA) is 98.7 Å². The number of furan rings is 1. The van der Waals surface area contributed by atoms with Crippen molar-refractivity contribution in [1.29, 1.82) is 0 Å². The summed E-state index contributed by atoms with van der Waals surface area (Å²) >= 11 is 0. The normalized spacial score (nSPS) is 14.9. The Morgan fingerprint density at radius 2 is 1.90 bits per heavy atom. The largest absolute Gasteiger partial charge is 0.459 e. The van der Waals surface area contributed by atoms with Crippen molar-refractivity contribution in [3.63, 3.8) is 0 Å². The third kappa shape index (κ3) is 4.83. The van der Waals surface area contributed by atoms with Crippen molar-refractivity contribution in [2.45, 2.75) is 19.4 Å². The van der Waals surface area contributed by atoms with E-state index in [-0.39, 0.29) is 36.2 Å². The molecule has 0 bridgehead atoms. The second-order valence-electron chi connectivity index (χ2n) is 6.93. The quantitative estimate of drug-likeness (QED) is 0.456. The molecule has 4 rings (SSSR count). The molecule has 0 N–H and O–H groups in total. The standard InChI is InChI=1S/C22H21N3O5/c26-20(9-8-16-5-2-1-3-6-16)25-12-10-17(11-13-25)22(27)29-15-19-23-24-21(30-19)18-7-4-14-28-18/h1-9,14,17H,10-13,15H2/b9-8+. The molecule has 8 nitrogen and oxygen atoms in total. The first-order valence-electron chi connectivity index (χ1n) is 9.74. The Labute approximate surface area is 173 Å². The van der Waals surface area contributed by atoms with Crippen molar-refractivity contribution >= 4 is 18.0 Å². The molecule has 1 amide bonds. The number of likely N-dealkylation sites (tertiary alicyclic amines) is 1. The van der Waals surface area contributed by atoms with Crippen molar-refractivity contribution in [2.75, 3.05) is 13.1 Å². The number of carbonyl (C=O) groups is 2. The highest BCUT2D eigenvalue weighted by Gasteiger charge is 2.28. The molecule has 0 aliphatic carbocycles. The Balaban J connectivity index is 1.22. The fourth-order valence-corrected chi connectivity index (χ4v) is 3.24. The highest BCUT2D eigenvalue weighted by molar-refractivity contribution is 5.92. The Kier molecular flexibility index (Phi) is 6.03. The van der Waals surface area contributed by atoms with Crippen LogP contribution < -0.4 is 0 Å². The molecular formula is C22H21N3O5. The van der Waals surface area contributed by atoms with E-state index in [2.05, 4.69) is 10.2 Å². The van der Waals surface area contributed by atoms with E-state index < -0.39 is 0 Å². The maximum atomic E-state index is 12.3. The molecule has 1 aliphatic heterocycles. The zero-order valence-corrected chi connectivity index (χ0v) is 16.3. The number of aromatic nitrogens is 2. The number of hydrogen-bond acceptors (Lipinski definition) is 7. The van der Waals surface area contributed by atoms with Crippen LogP contribution in [0, 0.1) is 5.92 Å². The molecule has 30 heavy (non-hydrogen) atoms. The molecule has 0 spiro atoms. The van der Waals surface area contributed by atoms with Gasteiger partial charge in [0.25, 0.3) is 11.8 Å². The van der Waals surface area contributed by atoms with Crippen LogP contribution in [0.4, 0.5) is 0 Å². The molecule has 3 aromatic rings. The molecule has 154 valence electrons. The van der Waals surface area contributed by atoms with Crippen molar-refractivity contribution < 1.29 is 23.2 Å². The van der Waals surface area contributed by atoms with Crippen molar-refractivity contribution in [1.82, 2.24) is 15.1 Å². The number of hydrogen-bond donors (Lipinski definition) is 0. The number of piperidine rings is 1. The van der Waals surface area contributed by atoms with Gasteiger partial charge in [-0.3, -0.25) is 9.59 Å². The van der Waals surface area contributed by atoms with Gasteiger partial charge in [0.05, 0.1) is 12.2 Å². The van der Waals surface area contributed by atoms with E-state index >= 15 is 0 Å². The number of esters is 1. The van der Waals surface area contributed by atoms with E-state index in [1.807, 2.05) is 30.3 Å². The number of benzene rings is 1. The highest BCUT2D eigenvalue weighted by atomic mass is 16.5. The van der Waals surface area contributed by atoms with Crippen LogP contribution in [0.3, 0.4) is 0 Å². The van der Waals surface area contributed by atoms with Crippen molar-refractivity contribution in [2.24, 2.45) is 5.92 Å². The van der Waals surface area contributed by atoms with E-state index in [1.54, 1.807) is 29.2 Å². The van der Waals surface area contributed by atoms with E-state index in [0.717, 1.165) is 5.56 Å². The maximum absolute atomic E-state index is 12.3. The molecule has 1 aliphatic rings. The van der Waals surface area contributed by atoms with E-state index in [0.29, 0.717) is 31.7 Å². The van der Waals surface area contributed by atoms with Gasteiger partial charge in [0.15, 0.2) is 12.4 Å². The molecule has 3 heterocycles. The molecule has 1 fully saturated rings. The average molecular weight is 407 g/mol. The van der Waals surface area contributed by atoms with E-state index in [9.17, 15) is 9.59 Å². The van der Waals surface area contributed by atoms with Crippen LogP contribution in [0.1, 0.15) is 24.3 Å². The fraction of sp³-hybridized carbons (Fsp3) is 0.273. The zero-order chi connectivity index (χ0) is 20.8. The van der Waals surface area contributed by atoms with Gasteiger partial charge in [0.1, 0.15) is 0 Å². The number of ether oxygens (including phenoxy) is 1. The minimum Gasteiger partial charge on any atom is -0.459 e. The van der Waals surface area contributed by atoms with Crippen LogP contribution in [0.25, 0.3) is 17.7 Å². The lowest BCUT2D eigenvalue weighted by molar-refractivity contribution is -0.153. The second-order valence-corrected chi connectivity index (χ2v) is 6.93. The molecule has 0 saturated carbocycles. The average Bonchev–Trinajstić information content (AvgIpc) is 3.48. The van der Waals surface area contributed by atoms with Crippen molar-refractivity contribution in [3.8, 4) is 11.7 Å². The monoisotopic (exact) mass is 407 g/mol. The van der Waals surface area contributed by atoms with Crippen LogP contribution in [0.5, 0.6) is 0 Å². The lowest BCUT2D eigenvalue weighted by Crippen LogP contribution is -2.39. The van der Waals surface area contributed by atoms with Crippen LogP contribution in [-0.2, 0) is 20.9 Å². The Hall–Kier alpha value is -3.68. The Morgan fingerprint density at radius 3 is 2.63 bits per heavy atom. The summed E-state index contributed by atoms with van der Waals surface area (Å²) in [6.45, 7) is 0.938. The Bertz CT molecular complexity index is 1000. The summed E-state index contributed by atoms with van der Waals surface area (Å²) in [7, 11) is 0. The third-order valence-electron chi connectivity index (χ3n) is 4.89. The number of carbonyl (C=O) groups excluding carboxylic acids is 2. The third-order valence-corrected chi connectivity index (χ3v) is 4.89. The van der Waals surface area contributed by atoms with Gasteiger partial charge < -0.3 is 18.5 Å². The second kappa shape index (κ2) is 9.21. The SMILES string of the molecule is O=C(OCc1nnc(-c2ccco2)o1)C1CCN(C(=O)/C=C/c2ccccc2)CC1. The van der Waals surface area contributed by atoms with Gasteiger partial charge in [-0.25, -0.2) is 0 Å². The maximum Gasteiger partial charge on any atom is 0.309 e. The van der Waals surface area contributed by atoms with E-state index in [4.69, 9.17) is 13.6 Å². The van der Waals surface area contributed by atoms with Gasteiger partial charge >= 0.3 is 5.97 Å². The zero-order valence-electron chi connectivity index (χ0n) is 16.3. The molecule has 0 unspecified atom stereocenters. The lowest BCUT2D eigenvalue weighted by atomic mass is 9.97. The van der Waals surface area contributed by atoms with Gasteiger partial charge in [-0.15, -0.1) is 10.2 Å². The summed E-state index contributed by atoms with van der Waals surface area (Å²) in [4.78, 5) is 26.4.